The van der Waals surface area contributed by atoms with E-state index in [1.807, 2.05) is 40.8 Å². The standard InChI is InChI=1S/C39H42ClN9O2S/c1-39(2,3)34-22-36(49(45-34)29-12-14-32(50)31(40)21-29)42-38(51)41-23-28-9-5-6-11-33(28)52-30-13-15-35-43-44-37(48(35)25-30)27-10-7-8-26(20-27)24-47-18-16-46(4)17-19-47/h5-15,20-22,25,50H,16-19,23-24H2,1-4H3,(H2,41,42,51). The van der Waals surface area contributed by atoms with Crippen LogP contribution in [0.2, 0.25) is 5.02 Å². The first kappa shape index (κ1) is 35.5. The molecule has 2 amide bonds. The number of phenols is 1. The van der Waals surface area contributed by atoms with E-state index in [0.717, 1.165) is 70.8 Å². The van der Waals surface area contributed by atoms with E-state index >= 15 is 0 Å². The predicted molar refractivity (Wildman–Crippen MR) is 207 cm³/mol. The molecular weight excluding hydrogens is 694 g/mol. The van der Waals surface area contributed by atoms with Crippen LogP contribution in [0.15, 0.2) is 101 Å². The maximum atomic E-state index is 13.3. The third-order valence-electron chi connectivity index (χ3n) is 9.10. The fourth-order valence-electron chi connectivity index (χ4n) is 6.07. The molecule has 0 radical (unpaired) electrons. The molecule has 0 aliphatic carbocycles. The van der Waals surface area contributed by atoms with Gasteiger partial charge in [-0.1, -0.05) is 80.5 Å². The van der Waals surface area contributed by atoms with Gasteiger partial charge in [0, 0.05) is 72.3 Å². The topological polar surface area (TPSA) is 116 Å². The fourth-order valence-corrected chi connectivity index (χ4v) is 7.22. The van der Waals surface area contributed by atoms with Crippen LogP contribution in [0.25, 0.3) is 22.7 Å². The number of pyridine rings is 1. The number of fused-ring (bicyclic) bond motifs is 1. The SMILES string of the molecule is CN1CCN(Cc2cccc(-c3nnc4ccc(Sc5ccccc5CNC(=O)Nc5cc(C(C)(C)C)nn5-c5ccc(O)c(Cl)c5)cn34)c2)CC1. The lowest BCUT2D eigenvalue weighted by molar-refractivity contribution is 0.148. The lowest BCUT2D eigenvalue weighted by Gasteiger charge is -2.32. The summed E-state index contributed by atoms with van der Waals surface area (Å²) in [5.74, 6) is 1.25. The molecule has 1 fully saturated rings. The smallest absolute Gasteiger partial charge is 0.320 e. The highest BCUT2D eigenvalue weighted by molar-refractivity contribution is 7.99. The molecule has 0 spiro atoms. The number of hydrogen-bond acceptors (Lipinski definition) is 8. The summed E-state index contributed by atoms with van der Waals surface area (Å²) < 4.78 is 3.66. The van der Waals surface area contributed by atoms with Crippen molar-refractivity contribution in [3.63, 3.8) is 0 Å². The number of hydrogen-bond donors (Lipinski definition) is 3. The summed E-state index contributed by atoms with van der Waals surface area (Å²) in [6, 6.07) is 26.9. The molecule has 0 saturated carbocycles. The zero-order valence-electron chi connectivity index (χ0n) is 29.7. The number of aromatic hydroxyl groups is 1. The van der Waals surface area contributed by atoms with Gasteiger partial charge in [0.2, 0.25) is 0 Å². The molecule has 1 aliphatic rings. The van der Waals surface area contributed by atoms with Gasteiger partial charge < -0.3 is 15.3 Å². The van der Waals surface area contributed by atoms with E-state index in [4.69, 9.17) is 16.7 Å². The number of likely N-dealkylation sites (N-methyl/N-ethyl adjacent to an activating group) is 1. The molecule has 7 rings (SSSR count). The summed E-state index contributed by atoms with van der Waals surface area (Å²) in [4.78, 5) is 20.2. The molecule has 268 valence electrons. The number of piperazine rings is 1. The normalized spacial score (nSPS) is 14.2. The predicted octanol–water partition coefficient (Wildman–Crippen LogP) is 7.46. The molecule has 0 unspecified atom stereocenters. The number of urea groups is 1. The van der Waals surface area contributed by atoms with Crippen molar-refractivity contribution in [3.8, 4) is 22.8 Å². The number of phenolic OH excluding ortho intramolecular Hbond substituents is 1. The van der Waals surface area contributed by atoms with Crippen molar-refractivity contribution in [1.82, 2.24) is 39.5 Å². The van der Waals surface area contributed by atoms with Crippen LogP contribution in [0.4, 0.5) is 10.6 Å². The molecule has 3 N–H and O–H groups in total. The van der Waals surface area contributed by atoms with Crippen molar-refractivity contribution in [1.29, 1.82) is 0 Å². The van der Waals surface area contributed by atoms with Crippen molar-refractivity contribution < 1.29 is 9.90 Å². The summed E-state index contributed by atoms with van der Waals surface area (Å²) in [6.45, 7) is 11.7. The van der Waals surface area contributed by atoms with E-state index in [1.165, 1.54) is 11.6 Å². The van der Waals surface area contributed by atoms with Gasteiger partial charge >= 0.3 is 6.03 Å². The first-order valence-corrected chi connectivity index (χ1v) is 18.4. The number of nitrogens with zero attached hydrogens (tertiary/aromatic N) is 7. The Kier molecular flexibility index (Phi) is 10.2. The van der Waals surface area contributed by atoms with Crippen LogP contribution < -0.4 is 10.6 Å². The minimum atomic E-state index is -0.378. The molecule has 0 atom stereocenters. The molecule has 1 saturated heterocycles. The van der Waals surface area contributed by atoms with Gasteiger partial charge in [0.1, 0.15) is 11.6 Å². The van der Waals surface area contributed by atoms with Gasteiger partial charge in [-0.05, 0) is 60.6 Å². The summed E-state index contributed by atoms with van der Waals surface area (Å²) in [7, 11) is 2.18. The fraction of sp³-hybridized carbons (Fsp3) is 0.282. The van der Waals surface area contributed by atoms with E-state index in [9.17, 15) is 9.90 Å². The van der Waals surface area contributed by atoms with Crippen molar-refractivity contribution in [3.05, 3.63) is 113 Å². The number of nitrogens with one attached hydrogen (secondary N) is 2. The maximum absolute atomic E-state index is 13.3. The van der Waals surface area contributed by atoms with Crippen molar-refractivity contribution in [2.24, 2.45) is 0 Å². The zero-order chi connectivity index (χ0) is 36.4. The molecule has 6 aromatic rings. The lowest BCUT2D eigenvalue weighted by atomic mass is 9.92. The van der Waals surface area contributed by atoms with Crippen LogP contribution in [-0.2, 0) is 18.5 Å². The highest BCUT2D eigenvalue weighted by Gasteiger charge is 2.22. The van der Waals surface area contributed by atoms with Crippen LogP contribution >= 0.6 is 23.4 Å². The number of carbonyl (C=O) groups excluding carboxylic acids is 1. The second-order valence-electron chi connectivity index (χ2n) is 14.1. The quantitative estimate of drug-likeness (QED) is 0.140. The molecule has 52 heavy (non-hydrogen) atoms. The highest BCUT2D eigenvalue weighted by Crippen LogP contribution is 2.33. The number of anilines is 1. The van der Waals surface area contributed by atoms with Crippen molar-refractivity contribution >= 4 is 40.9 Å². The number of amides is 2. The Hall–Kier alpha value is -4.88. The van der Waals surface area contributed by atoms with E-state index in [0.29, 0.717) is 18.1 Å². The van der Waals surface area contributed by atoms with Crippen molar-refractivity contribution in [2.75, 3.05) is 38.5 Å². The molecule has 0 bridgehead atoms. The van der Waals surface area contributed by atoms with Gasteiger partial charge in [0.25, 0.3) is 0 Å². The summed E-state index contributed by atoms with van der Waals surface area (Å²) in [6.07, 6.45) is 2.07. The molecule has 1 aliphatic heterocycles. The Labute approximate surface area is 312 Å². The third kappa shape index (κ3) is 8.10. The largest absolute Gasteiger partial charge is 0.506 e. The van der Waals surface area contributed by atoms with E-state index < -0.39 is 0 Å². The van der Waals surface area contributed by atoms with E-state index in [-0.39, 0.29) is 22.2 Å². The van der Waals surface area contributed by atoms with Crippen LogP contribution in [-0.4, -0.2) is 78.5 Å². The minimum absolute atomic E-state index is 0.0265. The molecule has 13 heteroatoms. The van der Waals surface area contributed by atoms with E-state index in [1.54, 1.807) is 28.6 Å². The third-order valence-corrected chi connectivity index (χ3v) is 10.5. The molecule has 11 nitrogen and oxygen atoms in total. The summed E-state index contributed by atoms with van der Waals surface area (Å²) in [5.41, 5.74) is 5.18. The number of halogens is 1. The average Bonchev–Trinajstić information content (AvgIpc) is 3.75. The number of benzene rings is 3. The Morgan fingerprint density at radius 3 is 2.54 bits per heavy atom. The average molecular weight is 736 g/mol. The number of carbonyl (C=O) groups is 1. The summed E-state index contributed by atoms with van der Waals surface area (Å²) >= 11 is 7.82. The number of rotatable bonds is 9. The van der Waals surface area contributed by atoms with Gasteiger partial charge in [-0.15, -0.1) is 10.2 Å². The molecule has 3 aromatic heterocycles. The lowest BCUT2D eigenvalue weighted by Crippen LogP contribution is -2.43. The first-order chi connectivity index (χ1) is 25.0. The monoisotopic (exact) mass is 735 g/mol. The van der Waals surface area contributed by atoms with Gasteiger partial charge in [0.05, 0.1) is 16.4 Å². The van der Waals surface area contributed by atoms with Gasteiger partial charge in [-0.3, -0.25) is 14.6 Å². The molecule has 4 heterocycles. The molecule has 3 aromatic carbocycles. The van der Waals surface area contributed by atoms with Gasteiger partial charge in [-0.2, -0.15) is 5.10 Å². The van der Waals surface area contributed by atoms with Gasteiger partial charge in [-0.25, -0.2) is 9.48 Å². The van der Waals surface area contributed by atoms with Crippen LogP contribution in [0.3, 0.4) is 0 Å². The Morgan fingerprint density at radius 1 is 0.942 bits per heavy atom. The maximum Gasteiger partial charge on any atom is 0.320 e. The minimum Gasteiger partial charge on any atom is -0.506 e. The summed E-state index contributed by atoms with van der Waals surface area (Å²) in [5, 5.41) is 29.9. The van der Waals surface area contributed by atoms with Crippen LogP contribution in [0.5, 0.6) is 5.75 Å². The Bertz CT molecular complexity index is 2220. The Balaban J connectivity index is 1.06. The van der Waals surface area contributed by atoms with Crippen molar-refractivity contribution in [2.45, 2.75) is 49.1 Å². The zero-order valence-corrected chi connectivity index (χ0v) is 31.2. The second-order valence-corrected chi connectivity index (χ2v) is 15.6. The van der Waals surface area contributed by atoms with Gasteiger partial charge in [0.15, 0.2) is 11.5 Å². The number of aromatic nitrogens is 5. The Morgan fingerprint density at radius 2 is 1.75 bits per heavy atom. The second kappa shape index (κ2) is 15.0. The molecular formula is C39H42ClN9O2S. The van der Waals surface area contributed by atoms with Crippen LogP contribution in [0.1, 0.15) is 37.6 Å². The first-order valence-electron chi connectivity index (χ1n) is 17.3. The highest BCUT2D eigenvalue weighted by atomic mass is 35.5. The van der Waals surface area contributed by atoms with Crippen LogP contribution in [0, 0.1) is 0 Å². The van der Waals surface area contributed by atoms with E-state index in [2.05, 4.69) is 95.0 Å².